The highest BCUT2D eigenvalue weighted by atomic mass is 16.5. The first-order valence-electron chi connectivity index (χ1n) is 7.35. The minimum Gasteiger partial charge on any atom is -0.486 e. The van der Waals surface area contributed by atoms with Crippen molar-refractivity contribution in [2.45, 2.75) is 5.92 Å². The highest BCUT2D eigenvalue weighted by molar-refractivity contribution is 5.91. The first kappa shape index (κ1) is 14.9. The number of rotatable bonds is 5. The molecule has 4 heteroatoms. The molecule has 0 aliphatic carbocycles. The summed E-state index contributed by atoms with van der Waals surface area (Å²) in [7, 11) is 1.87. The third-order valence-electron chi connectivity index (χ3n) is 3.86. The molecule has 1 atom stereocenters. The third-order valence-corrected chi connectivity index (χ3v) is 3.86. The fraction of sp³-hybridized carbons (Fsp3) is 0.158. The maximum Gasteiger partial charge on any atom is 0.193 e. The van der Waals surface area contributed by atoms with E-state index in [0.29, 0.717) is 11.4 Å². The molecular formula is C19H16N2O2. The SMILES string of the molecule is Cn1c(C(C#N)C(=O)COc2ccccc2)cc2ccccc21. The van der Waals surface area contributed by atoms with Crippen LogP contribution in [0.2, 0.25) is 0 Å². The Kier molecular flexibility index (Phi) is 4.11. The minimum absolute atomic E-state index is 0.121. The van der Waals surface area contributed by atoms with Gasteiger partial charge >= 0.3 is 0 Å². The van der Waals surface area contributed by atoms with Gasteiger partial charge in [-0.05, 0) is 29.7 Å². The van der Waals surface area contributed by atoms with Crippen LogP contribution in [0.5, 0.6) is 5.75 Å². The molecule has 4 nitrogen and oxygen atoms in total. The number of hydrogen-bond acceptors (Lipinski definition) is 3. The Morgan fingerprint density at radius 3 is 2.57 bits per heavy atom. The van der Waals surface area contributed by atoms with Crippen LogP contribution < -0.4 is 4.74 Å². The number of para-hydroxylation sites is 2. The van der Waals surface area contributed by atoms with Crippen molar-refractivity contribution in [1.29, 1.82) is 5.26 Å². The molecule has 0 bridgehead atoms. The van der Waals surface area contributed by atoms with Crippen LogP contribution in [0.1, 0.15) is 11.6 Å². The Bertz CT molecular complexity index is 875. The van der Waals surface area contributed by atoms with Crippen LogP contribution in [0.15, 0.2) is 60.7 Å². The molecule has 114 valence electrons. The number of hydrogen-bond donors (Lipinski definition) is 0. The summed E-state index contributed by atoms with van der Waals surface area (Å²) in [5, 5.41) is 10.5. The lowest BCUT2D eigenvalue weighted by atomic mass is 10.0. The van der Waals surface area contributed by atoms with E-state index in [0.717, 1.165) is 10.9 Å². The number of aromatic nitrogens is 1. The number of fused-ring (bicyclic) bond motifs is 1. The molecule has 0 saturated carbocycles. The molecule has 0 spiro atoms. The molecule has 3 aromatic rings. The predicted octanol–water partition coefficient (Wildman–Crippen LogP) is 3.43. The van der Waals surface area contributed by atoms with Crippen molar-refractivity contribution in [1.82, 2.24) is 4.57 Å². The Balaban J connectivity index is 1.82. The first-order valence-corrected chi connectivity index (χ1v) is 7.35. The van der Waals surface area contributed by atoms with Gasteiger partial charge in [-0.1, -0.05) is 36.4 Å². The topological polar surface area (TPSA) is 55.0 Å². The summed E-state index contributed by atoms with van der Waals surface area (Å²) in [6.45, 7) is -0.121. The molecular weight excluding hydrogens is 288 g/mol. The van der Waals surface area contributed by atoms with E-state index in [1.54, 1.807) is 12.1 Å². The second-order valence-corrected chi connectivity index (χ2v) is 5.32. The van der Waals surface area contributed by atoms with Crippen LogP contribution in [0.4, 0.5) is 0 Å². The van der Waals surface area contributed by atoms with E-state index in [9.17, 15) is 10.1 Å². The number of ether oxygens (including phenoxy) is 1. The quantitative estimate of drug-likeness (QED) is 0.725. The summed E-state index contributed by atoms with van der Waals surface area (Å²) in [6.07, 6.45) is 0. The molecule has 2 aromatic carbocycles. The number of nitrogens with zero attached hydrogens (tertiary/aromatic N) is 2. The Morgan fingerprint density at radius 2 is 1.87 bits per heavy atom. The van der Waals surface area contributed by atoms with Gasteiger partial charge in [-0.2, -0.15) is 5.26 Å². The minimum atomic E-state index is -0.837. The lowest BCUT2D eigenvalue weighted by molar-refractivity contribution is -0.121. The fourth-order valence-electron chi connectivity index (χ4n) is 2.64. The van der Waals surface area contributed by atoms with Gasteiger partial charge in [-0.15, -0.1) is 0 Å². The summed E-state index contributed by atoms with van der Waals surface area (Å²) < 4.78 is 7.37. The van der Waals surface area contributed by atoms with Crippen LogP contribution in [-0.4, -0.2) is 17.0 Å². The number of nitriles is 1. The average Bonchev–Trinajstić information content (AvgIpc) is 2.92. The summed E-state index contributed by atoms with van der Waals surface area (Å²) in [4.78, 5) is 12.4. The number of carbonyl (C=O) groups is 1. The Labute approximate surface area is 134 Å². The maximum atomic E-state index is 12.4. The monoisotopic (exact) mass is 304 g/mol. The number of carbonyl (C=O) groups excluding carboxylic acids is 1. The van der Waals surface area contributed by atoms with E-state index in [-0.39, 0.29) is 12.4 Å². The highest BCUT2D eigenvalue weighted by Gasteiger charge is 2.24. The van der Waals surface area contributed by atoms with E-state index in [1.807, 2.05) is 60.1 Å². The average molecular weight is 304 g/mol. The molecule has 0 aliphatic heterocycles. The van der Waals surface area contributed by atoms with Crippen molar-refractivity contribution in [3.8, 4) is 11.8 Å². The summed E-state index contributed by atoms with van der Waals surface area (Å²) in [5.41, 5.74) is 1.69. The third kappa shape index (κ3) is 2.95. The maximum absolute atomic E-state index is 12.4. The fourth-order valence-corrected chi connectivity index (χ4v) is 2.64. The molecule has 1 unspecified atom stereocenters. The van der Waals surface area contributed by atoms with E-state index in [4.69, 9.17) is 4.74 Å². The van der Waals surface area contributed by atoms with Gasteiger partial charge in [-0.3, -0.25) is 4.79 Å². The van der Waals surface area contributed by atoms with Crippen molar-refractivity contribution in [2.75, 3.05) is 6.61 Å². The van der Waals surface area contributed by atoms with E-state index < -0.39 is 5.92 Å². The molecule has 0 aliphatic rings. The zero-order valence-corrected chi connectivity index (χ0v) is 12.8. The number of ketones is 1. The number of Topliss-reactive ketones (excluding diaryl/α,β-unsaturated/α-hetero) is 1. The van der Waals surface area contributed by atoms with Crippen LogP contribution in [0, 0.1) is 11.3 Å². The second kappa shape index (κ2) is 6.37. The van der Waals surface area contributed by atoms with Crippen LogP contribution in [0.3, 0.4) is 0 Å². The van der Waals surface area contributed by atoms with Crippen molar-refractivity contribution in [3.05, 3.63) is 66.4 Å². The van der Waals surface area contributed by atoms with E-state index in [2.05, 4.69) is 6.07 Å². The van der Waals surface area contributed by atoms with Gasteiger partial charge in [0.25, 0.3) is 0 Å². The van der Waals surface area contributed by atoms with Crippen molar-refractivity contribution < 1.29 is 9.53 Å². The second-order valence-electron chi connectivity index (χ2n) is 5.32. The van der Waals surface area contributed by atoms with Crippen LogP contribution >= 0.6 is 0 Å². The van der Waals surface area contributed by atoms with Gasteiger partial charge < -0.3 is 9.30 Å². The summed E-state index contributed by atoms with van der Waals surface area (Å²) in [5.74, 6) is -0.465. The lowest BCUT2D eigenvalue weighted by Gasteiger charge is -2.11. The summed E-state index contributed by atoms with van der Waals surface area (Å²) in [6, 6.07) is 20.9. The number of benzene rings is 2. The molecule has 3 rings (SSSR count). The highest BCUT2D eigenvalue weighted by Crippen LogP contribution is 2.25. The molecule has 0 saturated heterocycles. The molecule has 0 radical (unpaired) electrons. The number of aryl methyl sites for hydroxylation is 1. The van der Waals surface area contributed by atoms with E-state index in [1.165, 1.54) is 0 Å². The van der Waals surface area contributed by atoms with Gasteiger partial charge in [0.1, 0.15) is 18.3 Å². The van der Waals surface area contributed by atoms with Gasteiger partial charge in [0.15, 0.2) is 5.78 Å². The first-order chi connectivity index (χ1) is 11.2. The Morgan fingerprint density at radius 1 is 1.17 bits per heavy atom. The summed E-state index contributed by atoms with van der Waals surface area (Å²) >= 11 is 0. The van der Waals surface area contributed by atoms with Crippen molar-refractivity contribution in [3.63, 3.8) is 0 Å². The molecule has 0 N–H and O–H groups in total. The Hall–Kier alpha value is -3.06. The molecule has 0 amide bonds. The molecule has 1 aromatic heterocycles. The van der Waals surface area contributed by atoms with Gasteiger partial charge in [-0.25, -0.2) is 0 Å². The standard InChI is InChI=1S/C19H16N2O2/c1-21-17-10-6-5-7-14(17)11-18(21)16(12-20)19(22)13-23-15-8-3-2-4-9-15/h2-11,16H,13H2,1H3. The van der Waals surface area contributed by atoms with Gasteiger partial charge in [0.2, 0.25) is 0 Å². The van der Waals surface area contributed by atoms with Crippen LogP contribution in [0.25, 0.3) is 10.9 Å². The van der Waals surface area contributed by atoms with E-state index >= 15 is 0 Å². The molecule has 23 heavy (non-hydrogen) atoms. The van der Waals surface area contributed by atoms with Crippen molar-refractivity contribution >= 4 is 16.7 Å². The normalized spacial score (nSPS) is 11.8. The van der Waals surface area contributed by atoms with Crippen molar-refractivity contribution in [2.24, 2.45) is 7.05 Å². The smallest absolute Gasteiger partial charge is 0.193 e. The molecule has 0 fully saturated rings. The van der Waals surface area contributed by atoms with Crippen LogP contribution in [-0.2, 0) is 11.8 Å². The zero-order chi connectivity index (χ0) is 16.2. The van der Waals surface area contributed by atoms with Gasteiger partial charge in [0, 0.05) is 18.3 Å². The van der Waals surface area contributed by atoms with Gasteiger partial charge in [0.05, 0.1) is 6.07 Å². The largest absolute Gasteiger partial charge is 0.486 e. The lowest BCUT2D eigenvalue weighted by Crippen LogP contribution is -2.20. The zero-order valence-electron chi connectivity index (χ0n) is 12.8. The predicted molar refractivity (Wildman–Crippen MR) is 88.2 cm³/mol. The molecule has 1 heterocycles.